The molecule has 84 valence electrons. The van der Waals surface area contributed by atoms with Crippen molar-refractivity contribution in [1.82, 2.24) is 10.1 Å². The number of aromatic nitrogens is 2. The number of rotatable bonds is 4. The third kappa shape index (κ3) is 2.34. The summed E-state index contributed by atoms with van der Waals surface area (Å²) in [6, 6.07) is 1.45. The number of nitrogens with zero attached hydrogens (tertiary/aromatic N) is 3. The topological polar surface area (TPSA) is 91.3 Å². The van der Waals surface area contributed by atoms with Crippen LogP contribution < -0.4 is 4.74 Å². The van der Waals surface area contributed by atoms with Crippen molar-refractivity contribution in [2.75, 3.05) is 0 Å². The predicted molar refractivity (Wildman–Crippen MR) is 54.3 cm³/mol. The zero-order valence-corrected chi connectivity index (χ0v) is 9.06. The number of ether oxygens (including phenoxy) is 1. The highest BCUT2D eigenvalue weighted by Crippen LogP contribution is 2.23. The SMILES string of the molecule is Cc1noc(OCc2csc([N+](=O)[O-])c2)n1. The molecule has 0 aliphatic heterocycles. The number of hydrogen-bond acceptors (Lipinski definition) is 7. The molecular weight excluding hydrogens is 234 g/mol. The molecule has 0 saturated heterocycles. The van der Waals surface area contributed by atoms with Gasteiger partial charge in [-0.3, -0.25) is 14.6 Å². The van der Waals surface area contributed by atoms with Gasteiger partial charge in [0.25, 0.3) is 0 Å². The van der Waals surface area contributed by atoms with Crippen molar-refractivity contribution in [2.45, 2.75) is 13.5 Å². The van der Waals surface area contributed by atoms with Gasteiger partial charge < -0.3 is 4.74 Å². The lowest BCUT2D eigenvalue weighted by Crippen LogP contribution is -1.93. The average molecular weight is 241 g/mol. The van der Waals surface area contributed by atoms with Crippen LogP contribution in [-0.4, -0.2) is 15.1 Å². The zero-order chi connectivity index (χ0) is 11.5. The van der Waals surface area contributed by atoms with E-state index in [1.165, 1.54) is 6.07 Å². The number of aryl methyl sites for hydroxylation is 1. The van der Waals surface area contributed by atoms with Crippen LogP contribution in [0.5, 0.6) is 6.08 Å². The van der Waals surface area contributed by atoms with Crippen molar-refractivity contribution in [3.63, 3.8) is 0 Å². The van der Waals surface area contributed by atoms with Gasteiger partial charge in [0.05, 0.1) is 4.92 Å². The van der Waals surface area contributed by atoms with Gasteiger partial charge in [-0.25, -0.2) is 0 Å². The lowest BCUT2D eigenvalue weighted by molar-refractivity contribution is -0.380. The van der Waals surface area contributed by atoms with E-state index < -0.39 is 4.92 Å². The fourth-order valence-electron chi connectivity index (χ4n) is 1.02. The summed E-state index contributed by atoms with van der Waals surface area (Å²) in [6.45, 7) is 1.85. The molecule has 0 aliphatic rings. The molecule has 2 aromatic rings. The van der Waals surface area contributed by atoms with Gasteiger partial charge in [0.15, 0.2) is 5.82 Å². The Morgan fingerprint density at radius 3 is 3.06 bits per heavy atom. The van der Waals surface area contributed by atoms with Crippen LogP contribution in [0.25, 0.3) is 0 Å². The van der Waals surface area contributed by atoms with Crippen molar-refractivity contribution < 1.29 is 14.2 Å². The normalized spacial score (nSPS) is 10.3. The molecule has 2 rings (SSSR count). The molecule has 0 N–H and O–H groups in total. The molecule has 16 heavy (non-hydrogen) atoms. The summed E-state index contributed by atoms with van der Waals surface area (Å²) in [6.07, 6.45) is 0.0614. The van der Waals surface area contributed by atoms with Crippen LogP contribution in [0.1, 0.15) is 11.4 Å². The van der Waals surface area contributed by atoms with Gasteiger partial charge in [-0.15, -0.1) is 0 Å². The second kappa shape index (κ2) is 4.27. The largest absolute Gasteiger partial charge is 0.444 e. The molecule has 0 aromatic carbocycles. The molecule has 2 aromatic heterocycles. The molecule has 7 nitrogen and oxygen atoms in total. The van der Waals surface area contributed by atoms with E-state index in [2.05, 4.69) is 10.1 Å². The zero-order valence-electron chi connectivity index (χ0n) is 8.24. The summed E-state index contributed by atoms with van der Waals surface area (Å²) in [5.74, 6) is 0.478. The maximum atomic E-state index is 10.4. The minimum atomic E-state index is -0.439. The van der Waals surface area contributed by atoms with Crippen molar-refractivity contribution in [3.8, 4) is 6.08 Å². The van der Waals surface area contributed by atoms with E-state index >= 15 is 0 Å². The first-order valence-corrected chi connectivity index (χ1v) is 5.18. The second-order valence-corrected chi connectivity index (χ2v) is 3.84. The molecule has 2 heterocycles. The lowest BCUT2D eigenvalue weighted by Gasteiger charge is -1.95. The lowest BCUT2D eigenvalue weighted by atomic mass is 10.4. The quantitative estimate of drug-likeness (QED) is 0.599. The van der Waals surface area contributed by atoms with Gasteiger partial charge >= 0.3 is 11.1 Å². The van der Waals surface area contributed by atoms with Gasteiger partial charge in [0, 0.05) is 17.0 Å². The maximum Gasteiger partial charge on any atom is 0.417 e. The Kier molecular flexibility index (Phi) is 2.82. The summed E-state index contributed by atoms with van der Waals surface area (Å²) in [5, 5.41) is 15.7. The smallest absolute Gasteiger partial charge is 0.417 e. The Hall–Kier alpha value is -1.96. The highest BCUT2D eigenvalue weighted by atomic mass is 32.1. The molecule has 0 saturated carbocycles. The van der Waals surface area contributed by atoms with Crippen molar-refractivity contribution in [2.24, 2.45) is 0 Å². The highest BCUT2D eigenvalue weighted by Gasteiger charge is 2.11. The Morgan fingerprint density at radius 2 is 2.50 bits per heavy atom. The van der Waals surface area contributed by atoms with Crippen LogP contribution in [0.15, 0.2) is 16.0 Å². The highest BCUT2D eigenvalue weighted by molar-refractivity contribution is 7.13. The van der Waals surface area contributed by atoms with E-state index in [9.17, 15) is 10.1 Å². The fraction of sp³-hybridized carbons (Fsp3) is 0.250. The third-order valence-corrected chi connectivity index (χ3v) is 2.62. The molecular formula is C8H7N3O4S. The average Bonchev–Trinajstić information content (AvgIpc) is 2.83. The fourth-order valence-corrected chi connectivity index (χ4v) is 1.73. The predicted octanol–water partition coefficient (Wildman–Crippen LogP) is 1.93. The molecule has 0 fully saturated rings. The second-order valence-electron chi connectivity index (χ2n) is 2.95. The molecule has 0 amide bonds. The molecule has 0 aliphatic carbocycles. The van der Waals surface area contributed by atoms with Crippen molar-refractivity contribution >= 4 is 16.3 Å². The molecule has 0 atom stereocenters. The van der Waals surface area contributed by atoms with Gasteiger partial charge in [0.2, 0.25) is 0 Å². The van der Waals surface area contributed by atoms with E-state index in [4.69, 9.17) is 9.26 Å². The van der Waals surface area contributed by atoms with E-state index in [0.717, 1.165) is 11.3 Å². The van der Waals surface area contributed by atoms with Crippen LogP contribution in [0, 0.1) is 17.0 Å². The summed E-state index contributed by atoms with van der Waals surface area (Å²) in [5.41, 5.74) is 0.701. The van der Waals surface area contributed by atoms with Crippen LogP contribution in [0.3, 0.4) is 0 Å². The van der Waals surface area contributed by atoms with Crippen LogP contribution in [0.4, 0.5) is 5.00 Å². The van der Waals surface area contributed by atoms with Crippen molar-refractivity contribution in [1.29, 1.82) is 0 Å². The Labute approximate surface area is 93.8 Å². The van der Waals surface area contributed by atoms with Gasteiger partial charge in [-0.1, -0.05) is 16.5 Å². The first-order valence-electron chi connectivity index (χ1n) is 4.30. The molecule has 0 spiro atoms. The van der Waals surface area contributed by atoms with E-state index in [1.807, 2.05) is 0 Å². The Bertz CT molecular complexity index is 507. The van der Waals surface area contributed by atoms with Gasteiger partial charge in [-0.2, -0.15) is 4.98 Å². The van der Waals surface area contributed by atoms with E-state index in [1.54, 1.807) is 12.3 Å². The van der Waals surface area contributed by atoms with Crippen LogP contribution >= 0.6 is 11.3 Å². The van der Waals surface area contributed by atoms with Crippen LogP contribution in [0.2, 0.25) is 0 Å². The van der Waals surface area contributed by atoms with Crippen molar-refractivity contribution in [3.05, 3.63) is 32.9 Å². The molecule has 0 bridgehead atoms. The van der Waals surface area contributed by atoms with E-state index in [-0.39, 0.29) is 17.7 Å². The maximum absolute atomic E-state index is 10.4. The number of thiophene rings is 1. The number of hydrogen-bond donors (Lipinski definition) is 0. The summed E-state index contributed by atoms with van der Waals surface area (Å²) < 4.78 is 9.88. The van der Waals surface area contributed by atoms with Gasteiger partial charge in [-0.05, 0) is 6.92 Å². The number of nitro groups is 1. The standard InChI is InChI=1S/C8H7N3O4S/c1-5-9-8(15-10-5)14-3-6-2-7(11(12)13)16-4-6/h2,4H,3H2,1H3. The summed E-state index contributed by atoms with van der Waals surface area (Å²) in [4.78, 5) is 13.8. The molecule has 0 unspecified atom stereocenters. The first kappa shape index (κ1) is 10.6. The Balaban J connectivity index is 1.97. The van der Waals surface area contributed by atoms with E-state index in [0.29, 0.717) is 11.4 Å². The van der Waals surface area contributed by atoms with Gasteiger partial charge in [0.1, 0.15) is 6.61 Å². The Morgan fingerprint density at radius 1 is 1.69 bits per heavy atom. The minimum Gasteiger partial charge on any atom is -0.444 e. The van der Waals surface area contributed by atoms with Crippen LogP contribution in [-0.2, 0) is 6.61 Å². The monoisotopic (exact) mass is 241 g/mol. The minimum absolute atomic E-state index is 0.0614. The summed E-state index contributed by atoms with van der Waals surface area (Å²) >= 11 is 1.05. The first-order chi connectivity index (χ1) is 7.65. The molecule has 0 radical (unpaired) electrons. The third-order valence-electron chi connectivity index (χ3n) is 1.69. The molecule has 8 heteroatoms. The summed E-state index contributed by atoms with van der Waals surface area (Å²) in [7, 11) is 0.